The van der Waals surface area contributed by atoms with Crippen LogP contribution in [-0.2, 0) is 6.54 Å². The molecule has 1 aliphatic rings. The third-order valence-electron chi connectivity index (χ3n) is 2.61. The molecular weight excluding hydrogens is 220 g/mol. The zero-order valence-corrected chi connectivity index (χ0v) is 10.5. The van der Waals surface area contributed by atoms with Gasteiger partial charge in [0.2, 0.25) is 5.95 Å². The molecule has 0 spiro atoms. The van der Waals surface area contributed by atoms with E-state index in [1.165, 1.54) is 12.2 Å². The van der Waals surface area contributed by atoms with Gasteiger partial charge in [-0.3, -0.25) is 0 Å². The molecule has 0 amide bonds. The van der Waals surface area contributed by atoms with Gasteiger partial charge in [0.1, 0.15) is 0 Å². The van der Waals surface area contributed by atoms with Crippen LogP contribution in [0.1, 0.15) is 17.8 Å². The number of hydrogen-bond acceptors (Lipinski definition) is 5. The van der Waals surface area contributed by atoms with E-state index in [0.29, 0.717) is 6.54 Å². The van der Waals surface area contributed by atoms with Crippen LogP contribution in [0.2, 0.25) is 0 Å². The second kappa shape index (κ2) is 5.50. The first-order valence-electron chi connectivity index (χ1n) is 5.67. The summed E-state index contributed by atoms with van der Waals surface area (Å²) in [7, 11) is 0. The van der Waals surface area contributed by atoms with Crippen LogP contribution in [-0.4, -0.2) is 34.6 Å². The molecule has 88 valence electrons. The van der Waals surface area contributed by atoms with Gasteiger partial charge < -0.3 is 10.6 Å². The third kappa shape index (κ3) is 2.86. The van der Waals surface area contributed by atoms with Crippen molar-refractivity contribution >= 4 is 17.7 Å². The number of nitrogens with two attached hydrogens (primary N) is 1. The van der Waals surface area contributed by atoms with Crippen molar-refractivity contribution in [1.82, 2.24) is 9.97 Å². The summed E-state index contributed by atoms with van der Waals surface area (Å²) in [5.41, 5.74) is 7.57. The maximum atomic E-state index is 5.64. The summed E-state index contributed by atoms with van der Waals surface area (Å²) >= 11 is 2.01. The predicted molar refractivity (Wildman–Crippen MR) is 68.8 cm³/mol. The van der Waals surface area contributed by atoms with Crippen molar-refractivity contribution in [1.29, 1.82) is 0 Å². The molecule has 2 N–H and O–H groups in total. The van der Waals surface area contributed by atoms with Crippen LogP contribution >= 0.6 is 11.8 Å². The lowest BCUT2D eigenvalue weighted by Gasteiger charge is -2.20. The average Bonchev–Trinajstić information content (AvgIpc) is 2.56. The molecule has 1 fully saturated rings. The van der Waals surface area contributed by atoms with E-state index in [4.69, 9.17) is 5.73 Å². The fourth-order valence-electron chi connectivity index (χ4n) is 1.81. The highest BCUT2D eigenvalue weighted by molar-refractivity contribution is 7.99. The first kappa shape index (κ1) is 11.7. The van der Waals surface area contributed by atoms with Crippen molar-refractivity contribution in [2.24, 2.45) is 5.73 Å². The normalized spacial score (nSPS) is 17.2. The fourth-order valence-corrected chi connectivity index (χ4v) is 2.70. The molecule has 0 aromatic carbocycles. The molecular formula is C11H18N4S. The van der Waals surface area contributed by atoms with E-state index in [-0.39, 0.29) is 0 Å². The monoisotopic (exact) mass is 238 g/mol. The van der Waals surface area contributed by atoms with Crippen molar-refractivity contribution in [3.8, 4) is 0 Å². The van der Waals surface area contributed by atoms with Crippen LogP contribution in [0.3, 0.4) is 0 Å². The second-order valence-corrected chi connectivity index (χ2v) is 5.18. The molecule has 0 unspecified atom stereocenters. The minimum absolute atomic E-state index is 0.485. The van der Waals surface area contributed by atoms with Crippen LogP contribution in [0.4, 0.5) is 5.95 Å². The van der Waals surface area contributed by atoms with Crippen molar-refractivity contribution in [2.45, 2.75) is 19.9 Å². The van der Waals surface area contributed by atoms with E-state index in [1.807, 2.05) is 24.8 Å². The summed E-state index contributed by atoms with van der Waals surface area (Å²) in [6.07, 6.45) is 1.21. The molecule has 0 atom stereocenters. The number of hydrogen-bond donors (Lipinski definition) is 1. The Morgan fingerprint density at radius 1 is 1.38 bits per heavy atom. The van der Waals surface area contributed by atoms with Crippen LogP contribution in [0, 0.1) is 6.92 Å². The Bertz CT molecular complexity index is 348. The summed E-state index contributed by atoms with van der Waals surface area (Å²) in [6.45, 7) is 4.58. The summed E-state index contributed by atoms with van der Waals surface area (Å²) in [5, 5.41) is 0. The quantitative estimate of drug-likeness (QED) is 0.838. The minimum Gasteiger partial charge on any atom is -0.340 e. The van der Waals surface area contributed by atoms with E-state index in [9.17, 15) is 0 Å². The van der Waals surface area contributed by atoms with Gasteiger partial charge >= 0.3 is 0 Å². The smallest absolute Gasteiger partial charge is 0.225 e. The Morgan fingerprint density at radius 2 is 2.25 bits per heavy atom. The Hall–Kier alpha value is -0.810. The topological polar surface area (TPSA) is 55.0 Å². The fraction of sp³-hybridized carbons (Fsp3) is 0.636. The Balaban J connectivity index is 2.20. The van der Waals surface area contributed by atoms with E-state index >= 15 is 0 Å². The van der Waals surface area contributed by atoms with E-state index in [0.717, 1.165) is 36.2 Å². The van der Waals surface area contributed by atoms with Gasteiger partial charge in [-0.1, -0.05) is 0 Å². The number of aromatic nitrogens is 2. The molecule has 2 rings (SSSR count). The largest absolute Gasteiger partial charge is 0.340 e. The van der Waals surface area contributed by atoms with Crippen molar-refractivity contribution in [2.75, 3.05) is 29.5 Å². The van der Waals surface area contributed by atoms with E-state index in [2.05, 4.69) is 14.9 Å². The molecule has 1 aromatic heterocycles. The van der Waals surface area contributed by atoms with Gasteiger partial charge in [-0.2, -0.15) is 11.8 Å². The SMILES string of the molecule is Cc1cc(CN)nc(N2CCCSCC2)n1. The van der Waals surface area contributed by atoms with Gasteiger partial charge in [0.05, 0.1) is 5.69 Å². The Morgan fingerprint density at radius 3 is 3.06 bits per heavy atom. The molecule has 2 heterocycles. The van der Waals surface area contributed by atoms with Crippen molar-refractivity contribution in [3.63, 3.8) is 0 Å². The maximum Gasteiger partial charge on any atom is 0.225 e. The minimum atomic E-state index is 0.485. The van der Waals surface area contributed by atoms with Crippen LogP contribution < -0.4 is 10.6 Å². The van der Waals surface area contributed by atoms with Crippen molar-refractivity contribution in [3.05, 3.63) is 17.5 Å². The lowest BCUT2D eigenvalue weighted by atomic mass is 10.3. The van der Waals surface area contributed by atoms with E-state index < -0.39 is 0 Å². The maximum absolute atomic E-state index is 5.64. The Labute approximate surface area is 101 Å². The first-order valence-corrected chi connectivity index (χ1v) is 6.82. The standard InChI is InChI=1S/C11H18N4S/c1-9-7-10(8-12)14-11(13-9)15-3-2-5-16-6-4-15/h7H,2-6,8,12H2,1H3. The molecule has 1 aliphatic heterocycles. The second-order valence-electron chi connectivity index (χ2n) is 3.96. The number of rotatable bonds is 2. The van der Waals surface area contributed by atoms with Gasteiger partial charge in [0.15, 0.2) is 0 Å². The highest BCUT2D eigenvalue weighted by atomic mass is 32.2. The van der Waals surface area contributed by atoms with Crippen molar-refractivity contribution < 1.29 is 0 Å². The number of thioether (sulfide) groups is 1. The zero-order valence-electron chi connectivity index (χ0n) is 9.65. The van der Waals surface area contributed by atoms with Gasteiger partial charge in [0, 0.05) is 31.1 Å². The molecule has 5 heteroatoms. The lowest BCUT2D eigenvalue weighted by Crippen LogP contribution is -2.28. The van der Waals surface area contributed by atoms with Gasteiger partial charge in [-0.25, -0.2) is 9.97 Å². The zero-order chi connectivity index (χ0) is 11.4. The molecule has 0 bridgehead atoms. The summed E-state index contributed by atoms with van der Waals surface area (Å²) in [4.78, 5) is 11.3. The number of nitrogens with zero attached hydrogens (tertiary/aromatic N) is 3. The Kier molecular flexibility index (Phi) is 4.01. The molecule has 0 saturated carbocycles. The molecule has 16 heavy (non-hydrogen) atoms. The number of anilines is 1. The molecule has 1 saturated heterocycles. The summed E-state index contributed by atoms with van der Waals surface area (Å²) < 4.78 is 0. The first-order chi connectivity index (χ1) is 7.79. The molecule has 0 radical (unpaired) electrons. The highest BCUT2D eigenvalue weighted by Crippen LogP contribution is 2.16. The van der Waals surface area contributed by atoms with Crippen LogP contribution in [0.25, 0.3) is 0 Å². The molecule has 4 nitrogen and oxygen atoms in total. The average molecular weight is 238 g/mol. The summed E-state index contributed by atoms with van der Waals surface area (Å²) in [5.74, 6) is 3.25. The highest BCUT2D eigenvalue weighted by Gasteiger charge is 2.13. The lowest BCUT2D eigenvalue weighted by molar-refractivity contribution is 0.770. The molecule has 0 aliphatic carbocycles. The third-order valence-corrected chi connectivity index (χ3v) is 3.66. The predicted octanol–water partition coefficient (Wildman–Crippen LogP) is 1.19. The van der Waals surface area contributed by atoms with Gasteiger partial charge in [-0.05, 0) is 25.2 Å². The van der Waals surface area contributed by atoms with Crippen LogP contribution in [0.5, 0.6) is 0 Å². The molecule has 1 aromatic rings. The van der Waals surface area contributed by atoms with Gasteiger partial charge in [0.25, 0.3) is 0 Å². The van der Waals surface area contributed by atoms with Crippen LogP contribution in [0.15, 0.2) is 6.07 Å². The van der Waals surface area contributed by atoms with Gasteiger partial charge in [-0.15, -0.1) is 0 Å². The number of aryl methyl sites for hydroxylation is 1. The van der Waals surface area contributed by atoms with E-state index in [1.54, 1.807) is 0 Å². The summed E-state index contributed by atoms with van der Waals surface area (Å²) in [6, 6.07) is 1.95.